The Balaban J connectivity index is 1.53. The maximum absolute atomic E-state index is 13.0. The van der Waals surface area contributed by atoms with Crippen molar-refractivity contribution in [3.05, 3.63) is 60.0 Å². The van der Waals surface area contributed by atoms with Gasteiger partial charge < -0.3 is 19.4 Å². The highest BCUT2D eigenvalue weighted by Gasteiger charge is 2.25. The molecule has 1 saturated heterocycles. The van der Waals surface area contributed by atoms with Crippen molar-refractivity contribution in [2.75, 3.05) is 40.0 Å². The number of methoxy groups -OCH3 is 1. The lowest BCUT2D eigenvalue weighted by atomic mass is 10.1. The summed E-state index contributed by atoms with van der Waals surface area (Å²) in [4.78, 5) is 19.8. The number of hydrogen-bond acceptors (Lipinski definition) is 5. The number of carbonyl (C=O) groups is 1. The van der Waals surface area contributed by atoms with E-state index in [9.17, 15) is 4.79 Å². The van der Waals surface area contributed by atoms with Gasteiger partial charge in [0.15, 0.2) is 0 Å². The molecule has 1 aromatic carbocycles. The van der Waals surface area contributed by atoms with Gasteiger partial charge in [0, 0.05) is 43.8 Å². The first-order valence-corrected chi connectivity index (χ1v) is 9.82. The molecule has 1 atom stereocenters. The molecule has 29 heavy (non-hydrogen) atoms. The molecule has 7 heteroatoms. The highest BCUT2D eigenvalue weighted by Crippen LogP contribution is 2.24. The summed E-state index contributed by atoms with van der Waals surface area (Å²) in [5.74, 6) is 0.675. The van der Waals surface area contributed by atoms with E-state index in [1.165, 1.54) is 0 Å². The number of aromatic nitrogens is 2. The maximum Gasteiger partial charge on any atom is 0.267 e. The number of amides is 1. The molecule has 0 unspecified atom stereocenters. The van der Waals surface area contributed by atoms with Crippen LogP contribution in [0, 0.1) is 0 Å². The van der Waals surface area contributed by atoms with Gasteiger partial charge in [-0.2, -0.15) is 0 Å². The molecule has 1 N–H and O–H groups in total. The van der Waals surface area contributed by atoms with E-state index >= 15 is 0 Å². The molecule has 0 bridgehead atoms. The molecule has 7 nitrogen and oxygen atoms in total. The Morgan fingerprint density at radius 3 is 2.79 bits per heavy atom. The van der Waals surface area contributed by atoms with E-state index in [2.05, 4.69) is 15.2 Å². The topological polar surface area (TPSA) is 68.6 Å². The van der Waals surface area contributed by atoms with Crippen LogP contribution in [-0.4, -0.2) is 60.3 Å². The number of morpholine rings is 1. The van der Waals surface area contributed by atoms with Gasteiger partial charge in [-0.3, -0.25) is 14.7 Å². The van der Waals surface area contributed by atoms with Crippen molar-refractivity contribution < 1.29 is 14.3 Å². The Labute approximate surface area is 170 Å². The molecule has 152 valence electrons. The number of carbonyl (C=O) groups excluding carboxylic acids is 1. The van der Waals surface area contributed by atoms with Gasteiger partial charge in [0.1, 0.15) is 11.4 Å². The van der Waals surface area contributed by atoms with Gasteiger partial charge in [0.25, 0.3) is 5.91 Å². The summed E-state index contributed by atoms with van der Waals surface area (Å²) in [6.45, 7) is 3.53. The van der Waals surface area contributed by atoms with Crippen LogP contribution in [0.25, 0.3) is 10.9 Å². The molecular weight excluding hydrogens is 368 g/mol. The van der Waals surface area contributed by atoms with E-state index in [1.807, 2.05) is 54.1 Å². The lowest BCUT2D eigenvalue weighted by molar-refractivity contribution is 0.0153. The lowest BCUT2D eigenvalue weighted by Crippen LogP contribution is -2.44. The third kappa shape index (κ3) is 4.11. The van der Waals surface area contributed by atoms with E-state index in [1.54, 1.807) is 13.3 Å². The lowest BCUT2D eigenvalue weighted by Gasteiger charge is -2.34. The number of ether oxygens (including phenoxy) is 2. The molecule has 0 spiro atoms. The first-order valence-electron chi connectivity index (χ1n) is 9.82. The first-order chi connectivity index (χ1) is 14.2. The monoisotopic (exact) mass is 394 g/mol. The number of fused-ring (bicyclic) bond motifs is 1. The van der Waals surface area contributed by atoms with Gasteiger partial charge >= 0.3 is 0 Å². The molecule has 4 rings (SSSR count). The normalized spacial score (nSPS) is 15.9. The highest BCUT2D eigenvalue weighted by molar-refractivity contribution is 5.99. The smallest absolute Gasteiger partial charge is 0.267 e. The average molecular weight is 394 g/mol. The number of rotatable bonds is 6. The molecule has 1 aliphatic rings. The summed E-state index contributed by atoms with van der Waals surface area (Å²) in [6.07, 6.45) is 1.79. The third-order valence-corrected chi connectivity index (χ3v) is 5.45. The molecule has 2 aromatic heterocycles. The van der Waals surface area contributed by atoms with E-state index < -0.39 is 0 Å². The van der Waals surface area contributed by atoms with Crippen LogP contribution in [0.5, 0.6) is 5.75 Å². The quantitative estimate of drug-likeness (QED) is 0.695. The summed E-state index contributed by atoms with van der Waals surface area (Å²) in [6, 6.07) is 13.6. The second-order valence-electron chi connectivity index (χ2n) is 7.14. The second kappa shape index (κ2) is 8.63. The first kappa shape index (κ1) is 19.4. The van der Waals surface area contributed by atoms with Crippen molar-refractivity contribution in [1.29, 1.82) is 0 Å². The van der Waals surface area contributed by atoms with Gasteiger partial charge in [-0.25, -0.2) is 0 Å². The number of nitrogens with one attached hydrogen (secondary N) is 1. The van der Waals surface area contributed by atoms with Gasteiger partial charge in [0.05, 0.1) is 32.1 Å². The van der Waals surface area contributed by atoms with Crippen LogP contribution in [0.1, 0.15) is 22.2 Å². The van der Waals surface area contributed by atoms with Crippen LogP contribution in [-0.2, 0) is 11.8 Å². The molecule has 1 amide bonds. The fourth-order valence-corrected chi connectivity index (χ4v) is 3.84. The number of nitrogens with zero attached hydrogens (tertiary/aromatic N) is 3. The fraction of sp³-hybridized carbons (Fsp3) is 0.364. The molecule has 1 fully saturated rings. The Morgan fingerprint density at radius 2 is 2.07 bits per heavy atom. The van der Waals surface area contributed by atoms with Crippen LogP contribution in [0.2, 0.25) is 0 Å². The van der Waals surface area contributed by atoms with Crippen LogP contribution in [0.15, 0.2) is 48.7 Å². The van der Waals surface area contributed by atoms with E-state index in [-0.39, 0.29) is 11.9 Å². The van der Waals surface area contributed by atoms with Crippen molar-refractivity contribution in [3.63, 3.8) is 0 Å². The van der Waals surface area contributed by atoms with Crippen LogP contribution < -0.4 is 10.1 Å². The Hall–Kier alpha value is -2.90. The van der Waals surface area contributed by atoms with Gasteiger partial charge in [-0.1, -0.05) is 6.07 Å². The van der Waals surface area contributed by atoms with Crippen LogP contribution in [0.4, 0.5) is 0 Å². The predicted octanol–water partition coefficient (Wildman–Crippen LogP) is 2.39. The minimum Gasteiger partial charge on any atom is -0.497 e. The SMILES string of the molecule is COc1ccc2c(c1)cc(C(=O)NC[C@@H](c1ccccn1)N1CCOCC1)n2C. The molecule has 3 aromatic rings. The minimum atomic E-state index is -0.100. The molecule has 0 aliphatic carbocycles. The Kier molecular flexibility index (Phi) is 5.78. The van der Waals surface area contributed by atoms with Gasteiger partial charge in [-0.05, 0) is 36.4 Å². The highest BCUT2D eigenvalue weighted by atomic mass is 16.5. The number of hydrogen-bond donors (Lipinski definition) is 1. The molecule has 3 heterocycles. The van der Waals surface area contributed by atoms with Crippen molar-refractivity contribution in [2.24, 2.45) is 7.05 Å². The predicted molar refractivity (Wildman–Crippen MR) is 111 cm³/mol. The largest absolute Gasteiger partial charge is 0.497 e. The molecule has 1 aliphatic heterocycles. The molecule has 0 saturated carbocycles. The van der Waals surface area contributed by atoms with Gasteiger partial charge in [0.2, 0.25) is 0 Å². The molecule has 0 radical (unpaired) electrons. The zero-order chi connectivity index (χ0) is 20.2. The van der Waals surface area contributed by atoms with Crippen LogP contribution in [0.3, 0.4) is 0 Å². The Morgan fingerprint density at radius 1 is 1.24 bits per heavy atom. The van der Waals surface area contributed by atoms with Crippen molar-refractivity contribution in [2.45, 2.75) is 6.04 Å². The fourth-order valence-electron chi connectivity index (χ4n) is 3.84. The zero-order valence-corrected chi connectivity index (χ0v) is 16.8. The summed E-state index contributed by atoms with van der Waals surface area (Å²) in [5.41, 5.74) is 2.57. The van der Waals surface area contributed by atoms with Crippen molar-refractivity contribution in [3.8, 4) is 5.75 Å². The Bertz CT molecular complexity index is 980. The summed E-state index contributed by atoms with van der Waals surface area (Å²) >= 11 is 0. The standard InChI is InChI=1S/C22H26N4O3/c1-25-19-7-6-17(28-2)13-16(19)14-20(25)22(27)24-15-21(18-5-3-4-8-23-18)26-9-11-29-12-10-26/h3-8,13-14,21H,9-12,15H2,1-2H3,(H,24,27)/t21-/m0/s1. The summed E-state index contributed by atoms with van der Waals surface area (Å²) in [5, 5.41) is 4.09. The number of pyridine rings is 1. The van der Waals surface area contributed by atoms with E-state index in [4.69, 9.17) is 9.47 Å². The van der Waals surface area contributed by atoms with E-state index in [0.717, 1.165) is 35.4 Å². The van der Waals surface area contributed by atoms with Crippen LogP contribution >= 0.6 is 0 Å². The average Bonchev–Trinajstić information content (AvgIpc) is 3.11. The number of benzene rings is 1. The summed E-state index contributed by atoms with van der Waals surface area (Å²) in [7, 11) is 3.54. The van der Waals surface area contributed by atoms with Crippen molar-refractivity contribution in [1.82, 2.24) is 19.8 Å². The summed E-state index contributed by atoms with van der Waals surface area (Å²) < 4.78 is 12.7. The second-order valence-corrected chi connectivity index (χ2v) is 7.14. The zero-order valence-electron chi connectivity index (χ0n) is 16.8. The van der Waals surface area contributed by atoms with Gasteiger partial charge in [-0.15, -0.1) is 0 Å². The maximum atomic E-state index is 13.0. The number of aryl methyl sites for hydroxylation is 1. The third-order valence-electron chi connectivity index (χ3n) is 5.45. The molecular formula is C22H26N4O3. The van der Waals surface area contributed by atoms with E-state index in [0.29, 0.717) is 25.5 Å². The van der Waals surface area contributed by atoms with Crippen molar-refractivity contribution >= 4 is 16.8 Å². The minimum absolute atomic E-state index is 0.0128.